The largest absolute Gasteiger partial charge is 0.389 e. The lowest BCUT2D eigenvalue weighted by atomic mass is 10.2. The summed E-state index contributed by atoms with van der Waals surface area (Å²) in [6, 6.07) is 7.76. The van der Waals surface area contributed by atoms with Crippen LogP contribution < -0.4 is 5.73 Å². The van der Waals surface area contributed by atoms with Crippen LogP contribution in [0.5, 0.6) is 0 Å². The van der Waals surface area contributed by atoms with Gasteiger partial charge in [-0.15, -0.1) is 11.3 Å². The Kier molecular flexibility index (Phi) is 3.76. The fourth-order valence-electron chi connectivity index (χ4n) is 1.53. The number of hydrogen-bond acceptors (Lipinski definition) is 3. The highest BCUT2D eigenvalue weighted by Crippen LogP contribution is 2.21. The summed E-state index contributed by atoms with van der Waals surface area (Å²) < 4.78 is 0. The molecule has 0 saturated heterocycles. The van der Waals surface area contributed by atoms with E-state index in [1.807, 2.05) is 31.2 Å². The van der Waals surface area contributed by atoms with Crippen LogP contribution in [0, 0.1) is 6.92 Å². The maximum Gasteiger partial charge on any atom is 0.116 e. The summed E-state index contributed by atoms with van der Waals surface area (Å²) in [7, 11) is 0. The van der Waals surface area contributed by atoms with Gasteiger partial charge in [-0.1, -0.05) is 36.0 Å². The van der Waals surface area contributed by atoms with Crippen LogP contribution in [0.4, 0.5) is 0 Å². The van der Waals surface area contributed by atoms with E-state index in [4.69, 9.17) is 29.6 Å². The summed E-state index contributed by atoms with van der Waals surface area (Å²) in [6.45, 7) is 1.93. The van der Waals surface area contributed by atoms with E-state index in [0.717, 1.165) is 27.0 Å². The van der Waals surface area contributed by atoms with Crippen molar-refractivity contribution < 1.29 is 0 Å². The zero-order valence-corrected chi connectivity index (χ0v) is 11.6. The lowest BCUT2D eigenvalue weighted by Crippen LogP contribution is -2.08. The highest BCUT2D eigenvalue weighted by Gasteiger charge is 2.09. The molecule has 0 fully saturated rings. The second-order valence-electron chi connectivity index (χ2n) is 3.69. The van der Waals surface area contributed by atoms with Gasteiger partial charge in [0.1, 0.15) is 4.99 Å². The normalized spacial score (nSPS) is 10.5. The third kappa shape index (κ3) is 3.03. The van der Waals surface area contributed by atoms with Crippen molar-refractivity contribution >= 4 is 40.1 Å². The molecule has 5 heteroatoms. The fourth-order valence-corrected chi connectivity index (χ4v) is 2.88. The van der Waals surface area contributed by atoms with Gasteiger partial charge in [0.05, 0.1) is 15.6 Å². The van der Waals surface area contributed by atoms with Crippen LogP contribution in [0.1, 0.15) is 21.1 Å². The van der Waals surface area contributed by atoms with Gasteiger partial charge < -0.3 is 5.73 Å². The Morgan fingerprint density at radius 3 is 2.59 bits per heavy atom. The van der Waals surface area contributed by atoms with Crippen LogP contribution in [-0.4, -0.2) is 9.97 Å². The average molecular weight is 283 g/mol. The predicted octanol–water partition coefficient (Wildman–Crippen LogP) is 3.33. The van der Waals surface area contributed by atoms with Crippen LogP contribution >= 0.6 is 35.2 Å². The molecule has 0 aliphatic heterocycles. The van der Waals surface area contributed by atoms with Gasteiger partial charge in [0.25, 0.3) is 0 Å². The number of thiazole rings is 1. The summed E-state index contributed by atoms with van der Waals surface area (Å²) in [4.78, 5) is 5.79. The van der Waals surface area contributed by atoms with Crippen LogP contribution in [-0.2, 0) is 6.42 Å². The highest BCUT2D eigenvalue weighted by molar-refractivity contribution is 7.81. The molecule has 0 saturated carbocycles. The van der Waals surface area contributed by atoms with Gasteiger partial charge >= 0.3 is 0 Å². The second-order valence-corrected chi connectivity index (χ2v) is 5.65. The zero-order chi connectivity index (χ0) is 12.4. The van der Waals surface area contributed by atoms with Crippen molar-refractivity contribution in [1.82, 2.24) is 4.98 Å². The number of thiocarbonyl (C=S) groups is 1. The molecular weight excluding hydrogens is 272 g/mol. The number of rotatable bonds is 3. The third-order valence-electron chi connectivity index (χ3n) is 2.33. The van der Waals surface area contributed by atoms with Gasteiger partial charge in [-0.3, -0.25) is 0 Å². The number of hydrogen-bond donors (Lipinski definition) is 1. The van der Waals surface area contributed by atoms with Crippen LogP contribution in [0.15, 0.2) is 24.3 Å². The monoisotopic (exact) mass is 282 g/mol. The minimum Gasteiger partial charge on any atom is -0.389 e. The molecule has 0 radical (unpaired) electrons. The summed E-state index contributed by atoms with van der Waals surface area (Å²) in [5, 5.41) is 1.76. The maximum atomic E-state index is 5.84. The minimum atomic E-state index is 0.419. The first-order chi connectivity index (χ1) is 8.06. The molecule has 2 rings (SSSR count). The molecule has 2 N–H and O–H groups in total. The highest BCUT2D eigenvalue weighted by atomic mass is 35.5. The van der Waals surface area contributed by atoms with Crippen molar-refractivity contribution in [1.29, 1.82) is 0 Å². The van der Waals surface area contributed by atoms with E-state index in [9.17, 15) is 0 Å². The van der Waals surface area contributed by atoms with Gasteiger partial charge in [-0.25, -0.2) is 4.98 Å². The molecule has 2 aromatic rings. The number of benzene rings is 1. The first kappa shape index (κ1) is 12.5. The predicted molar refractivity (Wildman–Crippen MR) is 77.0 cm³/mol. The molecule has 0 amide bonds. The first-order valence-corrected chi connectivity index (χ1v) is 6.67. The van der Waals surface area contributed by atoms with Gasteiger partial charge in [0.2, 0.25) is 0 Å². The summed E-state index contributed by atoms with van der Waals surface area (Å²) in [5.74, 6) is 0. The molecule has 2 nitrogen and oxygen atoms in total. The van der Waals surface area contributed by atoms with Crippen LogP contribution in [0.25, 0.3) is 0 Å². The quantitative estimate of drug-likeness (QED) is 0.878. The number of aryl methyl sites for hydroxylation is 1. The van der Waals surface area contributed by atoms with E-state index >= 15 is 0 Å². The van der Waals surface area contributed by atoms with Gasteiger partial charge in [0, 0.05) is 11.4 Å². The number of nitrogens with two attached hydrogens (primary N) is 1. The lowest BCUT2D eigenvalue weighted by molar-refractivity contribution is 1.10. The fraction of sp³-hybridized carbons (Fsp3) is 0.167. The summed E-state index contributed by atoms with van der Waals surface area (Å²) in [5.41, 5.74) is 7.71. The number of halogens is 1. The molecule has 0 aliphatic carbocycles. The van der Waals surface area contributed by atoms with E-state index < -0.39 is 0 Å². The Morgan fingerprint density at radius 2 is 2.06 bits per heavy atom. The topological polar surface area (TPSA) is 38.9 Å². The Morgan fingerprint density at radius 1 is 1.41 bits per heavy atom. The van der Waals surface area contributed by atoms with E-state index in [1.54, 1.807) is 11.3 Å². The van der Waals surface area contributed by atoms with Crippen molar-refractivity contribution in [3.63, 3.8) is 0 Å². The minimum absolute atomic E-state index is 0.419. The van der Waals surface area contributed by atoms with Gasteiger partial charge in [0.15, 0.2) is 0 Å². The van der Waals surface area contributed by atoms with E-state index in [1.165, 1.54) is 5.56 Å². The van der Waals surface area contributed by atoms with Gasteiger partial charge in [-0.05, 0) is 24.6 Å². The third-order valence-corrected chi connectivity index (χ3v) is 4.11. The van der Waals surface area contributed by atoms with E-state index in [2.05, 4.69) is 4.98 Å². The SMILES string of the molecule is Cc1nc(Cc2ccc(Cl)cc2)sc1C(N)=S. The second kappa shape index (κ2) is 5.12. The number of aromatic nitrogens is 1. The average Bonchev–Trinajstić information content (AvgIpc) is 2.63. The molecule has 0 atom stereocenters. The standard InChI is InChI=1S/C12H11ClN2S2/c1-7-11(12(14)16)17-10(15-7)6-8-2-4-9(13)5-3-8/h2-5H,6H2,1H3,(H2,14,16). The van der Waals surface area contributed by atoms with Crippen molar-refractivity contribution in [2.75, 3.05) is 0 Å². The molecule has 1 heterocycles. The first-order valence-electron chi connectivity index (χ1n) is 5.07. The molecular formula is C12H11ClN2S2. The number of nitrogens with zero attached hydrogens (tertiary/aromatic N) is 1. The van der Waals surface area contributed by atoms with Gasteiger partial charge in [-0.2, -0.15) is 0 Å². The van der Waals surface area contributed by atoms with Crippen LogP contribution in [0.3, 0.4) is 0 Å². The molecule has 0 bridgehead atoms. The van der Waals surface area contributed by atoms with Crippen LogP contribution in [0.2, 0.25) is 5.02 Å². The van der Waals surface area contributed by atoms with Crippen molar-refractivity contribution in [3.05, 3.63) is 50.4 Å². The Hall–Kier alpha value is -0.970. The van der Waals surface area contributed by atoms with E-state index in [0.29, 0.717) is 4.99 Å². The smallest absolute Gasteiger partial charge is 0.116 e. The Labute approximate surface area is 114 Å². The lowest BCUT2D eigenvalue weighted by Gasteiger charge is -1.97. The molecule has 1 aromatic carbocycles. The summed E-state index contributed by atoms with van der Waals surface area (Å²) >= 11 is 12.4. The molecule has 0 spiro atoms. The molecule has 1 aromatic heterocycles. The van der Waals surface area contributed by atoms with Crippen molar-refractivity contribution in [3.8, 4) is 0 Å². The molecule has 88 valence electrons. The summed E-state index contributed by atoms with van der Waals surface area (Å²) in [6.07, 6.45) is 0.783. The maximum absolute atomic E-state index is 5.84. The Balaban J connectivity index is 2.22. The zero-order valence-electron chi connectivity index (χ0n) is 9.24. The molecule has 0 aliphatic rings. The van der Waals surface area contributed by atoms with Crippen molar-refractivity contribution in [2.45, 2.75) is 13.3 Å². The molecule has 0 unspecified atom stereocenters. The van der Waals surface area contributed by atoms with E-state index in [-0.39, 0.29) is 0 Å². The Bertz CT molecular complexity index is 546. The van der Waals surface area contributed by atoms with Crippen molar-refractivity contribution in [2.24, 2.45) is 5.73 Å². The molecule has 17 heavy (non-hydrogen) atoms.